The van der Waals surface area contributed by atoms with E-state index in [0.717, 1.165) is 8.58 Å². The predicted octanol–water partition coefficient (Wildman–Crippen LogP) is 6.05. The number of rotatable bonds is 2. The van der Waals surface area contributed by atoms with E-state index in [1.165, 1.54) is 37.7 Å². The summed E-state index contributed by atoms with van der Waals surface area (Å²) in [5.74, 6) is 0. The normalized spacial score (nSPS) is 10.7. The third-order valence-electron chi connectivity index (χ3n) is 4.59. The first-order valence-corrected chi connectivity index (χ1v) is 9.89. The largest absolute Gasteiger partial charge is 2.00 e. The van der Waals surface area contributed by atoms with E-state index in [1.807, 2.05) is 0 Å². The first-order chi connectivity index (χ1) is 12.8. The molecule has 0 aliphatic rings. The second-order valence-electron chi connectivity index (χ2n) is 6.44. The molecule has 1 atom stereocenters. The molecule has 0 spiro atoms. The molecule has 0 aliphatic carbocycles. The Kier molecular flexibility index (Phi) is 6.95. The van der Waals surface area contributed by atoms with Gasteiger partial charge in [0.2, 0.25) is 0 Å². The Morgan fingerprint density at radius 3 is 2.15 bits per heavy atom. The minimum atomic E-state index is 0. The molecule has 0 fully saturated rings. The average molecular weight is 444 g/mol. The molecule has 0 N–H and O–H groups in total. The number of hydrogen-bond acceptors (Lipinski definition) is 0. The number of benzene rings is 3. The van der Waals surface area contributed by atoms with Crippen molar-refractivity contribution in [2.24, 2.45) is 0 Å². The molecule has 0 aliphatic heterocycles. The summed E-state index contributed by atoms with van der Waals surface area (Å²) in [6.07, 6.45) is 0. The van der Waals surface area contributed by atoms with Gasteiger partial charge in [-0.2, -0.15) is 17.5 Å². The van der Waals surface area contributed by atoms with E-state index in [9.17, 15) is 0 Å². The fourth-order valence-electron chi connectivity index (χ4n) is 3.27. The standard InChI is InChI=1S/C16H14P.C9H7.Zr/c1-12-11-13-7-5-6-10-15(13)16(12)17-14-8-3-2-4-9-14;1-2-5-9-7-3-6-8(9)4-1;/h2-11,17H,1H3;1-7H;/q2*-1;+2. The van der Waals surface area contributed by atoms with Crippen molar-refractivity contribution in [2.45, 2.75) is 6.92 Å². The van der Waals surface area contributed by atoms with Crippen LogP contribution in [0.5, 0.6) is 0 Å². The number of aryl methyl sites for hydroxylation is 1. The van der Waals surface area contributed by atoms with Gasteiger partial charge in [-0.1, -0.05) is 49.4 Å². The topological polar surface area (TPSA) is 0 Å². The van der Waals surface area contributed by atoms with Gasteiger partial charge >= 0.3 is 26.2 Å². The molecule has 0 amide bonds. The second-order valence-corrected chi connectivity index (χ2v) is 7.76. The first-order valence-electron chi connectivity index (χ1n) is 8.89. The molecular formula is C25H21PZr. The number of hydrogen-bond donors (Lipinski definition) is 0. The zero-order valence-corrected chi connectivity index (χ0v) is 18.8. The van der Waals surface area contributed by atoms with Gasteiger partial charge in [-0.15, -0.1) is 84.1 Å². The maximum Gasteiger partial charge on any atom is 2.00 e. The molecule has 0 radical (unpaired) electrons. The average Bonchev–Trinajstić information content (AvgIpc) is 3.28. The van der Waals surface area contributed by atoms with Crippen LogP contribution < -0.4 is 10.6 Å². The minimum Gasteiger partial charge on any atom is -0.168 e. The van der Waals surface area contributed by atoms with Gasteiger partial charge < -0.3 is 0 Å². The monoisotopic (exact) mass is 442 g/mol. The molecule has 0 aromatic heterocycles. The van der Waals surface area contributed by atoms with Crippen molar-refractivity contribution in [3.8, 4) is 0 Å². The molecule has 5 aromatic carbocycles. The van der Waals surface area contributed by atoms with E-state index >= 15 is 0 Å². The molecule has 130 valence electrons. The van der Waals surface area contributed by atoms with E-state index in [2.05, 4.69) is 110 Å². The van der Waals surface area contributed by atoms with Crippen LogP contribution >= 0.6 is 8.58 Å². The third-order valence-corrected chi connectivity index (χ3v) is 6.12. The summed E-state index contributed by atoms with van der Waals surface area (Å²) >= 11 is 0. The molecule has 2 heteroatoms. The van der Waals surface area contributed by atoms with Crippen molar-refractivity contribution in [3.05, 3.63) is 109 Å². The molecule has 5 aromatic rings. The molecule has 5 rings (SSSR count). The quantitative estimate of drug-likeness (QED) is 0.230. The molecule has 0 heterocycles. The van der Waals surface area contributed by atoms with Crippen molar-refractivity contribution in [2.75, 3.05) is 0 Å². The Bertz CT molecular complexity index is 1090. The zero-order valence-electron chi connectivity index (χ0n) is 15.3. The molecule has 27 heavy (non-hydrogen) atoms. The van der Waals surface area contributed by atoms with Gasteiger partial charge in [0.25, 0.3) is 0 Å². The number of fused-ring (bicyclic) bond motifs is 2. The minimum absolute atomic E-state index is 0. The molecule has 0 saturated heterocycles. The fraction of sp³-hybridized carbons (Fsp3) is 0.0400. The summed E-state index contributed by atoms with van der Waals surface area (Å²) in [7, 11) is 0.754. The van der Waals surface area contributed by atoms with Crippen molar-refractivity contribution in [1.82, 2.24) is 0 Å². The SMILES string of the molecule is Cc1[cH-]c2ccccc2c1Pc1ccccc1.[Zr+2].c1ccc2[cH-]ccc2c1. The van der Waals surface area contributed by atoms with Crippen LogP contribution in [0, 0.1) is 6.92 Å². The van der Waals surface area contributed by atoms with Gasteiger partial charge in [0, 0.05) is 0 Å². The Morgan fingerprint density at radius 1 is 0.704 bits per heavy atom. The Morgan fingerprint density at radius 2 is 1.37 bits per heavy atom. The fourth-order valence-corrected chi connectivity index (χ4v) is 4.55. The van der Waals surface area contributed by atoms with E-state index < -0.39 is 0 Å². The van der Waals surface area contributed by atoms with Gasteiger partial charge in [0.15, 0.2) is 0 Å². The van der Waals surface area contributed by atoms with Crippen molar-refractivity contribution in [3.63, 3.8) is 0 Å². The van der Waals surface area contributed by atoms with Crippen LogP contribution in [0.2, 0.25) is 0 Å². The summed E-state index contributed by atoms with van der Waals surface area (Å²) in [6, 6.07) is 36.3. The van der Waals surface area contributed by atoms with Crippen molar-refractivity contribution in [1.29, 1.82) is 0 Å². The van der Waals surface area contributed by atoms with Crippen LogP contribution in [-0.2, 0) is 26.2 Å². The van der Waals surface area contributed by atoms with Gasteiger partial charge in [-0.3, -0.25) is 0 Å². The van der Waals surface area contributed by atoms with Gasteiger partial charge in [-0.05, 0) is 5.30 Å². The Balaban J connectivity index is 0.000000178. The Labute approximate surface area is 181 Å². The zero-order chi connectivity index (χ0) is 17.8. The smallest absolute Gasteiger partial charge is 0.168 e. The van der Waals surface area contributed by atoms with Crippen LogP contribution in [-0.4, -0.2) is 0 Å². The van der Waals surface area contributed by atoms with Crippen molar-refractivity contribution < 1.29 is 26.2 Å². The van der Waals surface area contributed by atoms with Crippen LogP contribution in [0.3, 0.4) is 0 Å². The van der Waals surface area contributed by atoms with E-state index in [4.69, 9.17) is 0 Å². The molecule has 0 bridgehead atoms. The predicted molar refractivity (Wildman–Crippen MR) is 118 cm³/mol. The molecule has 1 unspecified atom stereocenters. The van der Waals surface area contributed by atoms with Crippen LogP contribution in [0.4, 0.5) is 0 Å². The first kappa shape index (κ1) is 19.9. The van der Waals surface area contributed by atoms with E-state index in [0.29, 0.717) is 0 Å². The molecule has 0 saturated carbocycles. The van der Waals surface area contributed by atoms with Gasteiger partial charge in [0.1, 0.15) is 0 Å². The summed E-state index contributed by atoms with van der Waals surface area (Å²) < 4.78 is 0. The summed E-state index contributed by atoms with van der Waals surface area (Å²) in [4.78, 5) is 0. The molecular weight excluding hydrogens is 422 g/mol. The summed E-state index contributed by atoms with van der Waals surface area (Å²) in [5, 5.41) is 8.34. The maximum absolute atomic E-state index is 2.29. The van der Waals surface area contributed by atoms with Crippen LogP contribution in [0.15, 0.2) is 103 Å². The van der Waals surface area contributed by atoms with Gasteiger partial charge in [0.05, 0.1) is 0 Å². The summed E-state index contributed by atoms with van der Waals surface area (Å²) in [5.41, 5.74) is 1.41. The van der Waals surface area contributed by atoms with E-state index in [-0.39, 0.29) is 26.2 Å². The van der Waals surface area contributed by atoms with E-state index in [1.54, 1.807) is 0 Å². The molecule has 0 nitrogen and oxygen atoms in total. The van der Waals surface area contributed by atoms with Crippen LogP contribution in [0.25, 0.3) is 21.5 Å². The van der Waals surface area contributed by atoms with Crippen LogP contribution in [0.1, 0.15) is 5.56 Å². The third kappa shape index (κ3) is 4.73. The van der Waals surface area contributed by atoms with Crippen molar-refractivity contribution >= 4 is 40.7 Å². The summed E-state index contributed by atoms with van der Waals surface area (Å²) in [6.45, 7) is 2.21. The maximum atomic E-state index is 2.29. The Hall–Kier alpha value is -1.81. The van der Waals surface area contributed by atoms with Gasteiger partial charge in [-0.25, -0.2) is 0 Å². The second kappa shape index (κ2) is 9.41.